The van der Waals surface area contributed by atoms with Crippen LogP contribution in [0.4, 0.5) is 11.4 Å². The summed E-state index contributed by atoms with van der Waals surface area (Å²) >= 11 is 6.15. The third-order valence-electron chi connectivity index (χ3n) is 6.45. The maximum atomic E-state index is 13.6. The van der Waals surface area contributed by atoms with Crippen LogP contribution < -0.4 is 14.4 Å². The highest BCUT2D eigenvalue weighted by molar-refractivity contribution is 7.92. The van der Waals surface area contributed by atoms with Gasteiger partial charge in [-0.05, 0) is 65.6 Å². The summed E-state index contributed by atoms with van der Waals surface area (Å²) in [6, 6.07) is 26.1. The van der Waals surface area contributed by atoms with Gasteiger partial charge < -0.3 is 10.1 Å². The third-order valence-corrected chi connectivity index (χ3v) is 8.48. The number of carbonyl (C=O) groups is 2. The molecule has 0 atom stereocenters. The van der Waals surface area contributed by atoms with Crippen LogP contribution in [-0.4, -0.2) is 33.8 Å². The zero-order chi connectivity index (χ0) is 29.8. The van der Waals surface area contributed by atoms with E-state index in [0.29, 0.717) is 27.6 Å². The molecule has 0 spiro atoms. The average molecular weight is 591 g/mol. The SMILES string of the molecule is COc1ccc(S(=O)(=O)N(CC(=O)Nc2cccc(C(=O)c3ccc(C(C)(C)C)cc3)c2)c2cccc(Cl)c2)cc1. The first-order valence-corrected chi connectivity index (χ1v) is 14.7. The number of methoxy groups -OCH3 is 1. The Bertz CT molecular complexity index is 1660. The van der Waals surface area contributed by atoms with E-state index in [1.165, 1.54) is 37.4 Å². The highest BCUT2D eigenvalue weighted by Crippen LogP contribution is 2.28. The molecule has 0 unspecified atom stereocenters. The summed E-state index contributed by atoms with van der Waals surface area (Å²) in [6.45, 7) is 5.78. The number of nitrogens with zero attached hydrogens (tertiary/aromatic N) is 1. The van der Waals surface area contributed by atoms with E-state index in [1.807, 2.05) is 12.1 Å². The van der Waals surface area contributed by atoms with E-state index < -0.39 is 22.5 Å². The van der Waals surface area contributed by atoms with Gasteiger partial charge in [-0.2, -0.15) is 0 Å². The van der Waals surface area contributed by atoms with E-state index in [-0.39, 0.29) is 21.8 Å². The number of halogens is 1. The lowest BCUT2D eigenvalue weighted by Crippen LogP contribution is -2.38. The number of rotatable bonds is 9. The Morgan fingerprint density at radius 3 is 2.12 bits per heavy atom. The van der Waals surface area contributed by atoms with Crippen molar-refractivity contribution >= 4 is 44.7 Å². The maximum Gasteiger partial charge on any atom is 0.264 e. The number of amides is 1. The van der Waals surface area contributed by atoms with Gasteiger partial charge in [-0.25, -0.2) is 8.42 Å². The van der Waals surface area contributed by atoms with E-state index in [0.717, 1.165) is 9.87 Å². The molecule has 0 bridgehead atoms. The van der Waals surface area contributed by atoms with Crippen molar-refractivity contribution in [3.63, 3.8) is 0 Å². The fourth-order valence-electron chi connectivity index (χ4n) is 4.18. The van der Waals surface area contributed by atoms with Crippen molar-refractivity contribution < 1.29 is 22.7 Å². The summed E-state index contributed by atoms with van der Waals surface area (Å²) in [5, 5.41) is 3.04. The highest BCUT2D eigenvalue weighted by atomic mass is 35.5. The molecular formula is C32H31ClN2O5S. The Kier molecular flexibility index (Phi) is 8.85. The number of sulfonamides is 1. The van der Waals surface area contributed by atoms with E-state index in [9.17, 15) is 18.0 Å². The van der Waals surface area contributed by atoms with Gasteiger partial charge in [-0.15, -0.1) is 0 Å². The molecule has 1 N–H and O–H groups in total. The third kappa shape index (κ3) is 7.14. The first kappa shape index (κ1) is 29.8. The summed E-state index contributed by atoms with van der Waals surface area (Å²) in [7, 11) is -2.67. The second-order valence-corrected chi connectivity index (χ2v) is 12.8. The molecule has 4 aromatic carbocycles. The van der Waals surface area contributed by atoms with Crippen LogP contribution in [0.25, 0.3) is 0 Å². The predicted molar refractivity (Wildman–Crippen MR) is 163 cm³/mol. The van der Waals surface area contributed by atoms with E-state index in [1.54, 1.807) is 54.6 Å². The molecule has 0 aliphatic carbocycles. The summed E-state index contributed by atoms with van der Waals surface area (Å²) in [5.41, 5.74) is 2.59. The summed E-state index contributed by atoms with van der Waals surface area (Å²) < 4.78 is 33.4. The van der Waals surface area contributed by atoms with Crippen molar-refractivity contribution in [2.45, 2.75) is 31.1 Å². The number of anilines is 2. The molecule has 0 fully saturated rings. The van der Waals surface area contributed by atoms with Gasteiger partial charge in [0.15, 0.2) is 5.78 Å². The Balaban J connectivity index is 1.57. The summed E-state index contributed by atoms with van der Waals surface area (Å²) in [4.78, 5) is 26.3. The van der Waals surface area contributed by atoms with E-state index in [4.69, 9.17) is 16.3 Å². The standard InChI is InChI=1S/C32H31ClN2O5S/c1-32(2,3)24-13-11-22(12-14-24)31(37)23-7-5-9-26(19-23)34-30(36)21-35(27-10-6-8-25(33)20-27)41(38,39)29-17-15-28(40-4)16-18-29/h5-20H,21H2,1-4H3,(H,34,36). The normalized spacial score (nSPS) is 11.5. The van der Waals surface area contributed by atoms with Gasteiger partial charge >= 0.3 is 0 Å². The smallest absolute Gasteiger partial charge is 0.264 e. The Labute approximate surface area is 245 Å². The minimum absolute atomic E-state index is 0.0175. The molecule has 9 heteroatoms. The van der Waals surface area contributed by atoms with Crippen molar-refractivity contribution in [2.24, 2.45) is 0 Å². The number of hydrogen-bond donors (Lipinski definition) is 1. The molecule has 4 aromatic rings. The molecule has 41 heavy (non-hydrogen) atoms. The number of hydrogen-bond acceptors (Lipinski definition) is 5. The molecule has 0 aliphatic rings. The van der Waals surface area contributed by atoms with Crippen LogP contribution in [-0.2, 0) is 20.2 Å². The number of carbonyl (C=O) groups excluding carboxylic acids is 2. The van der Waals surface area contributed by atoms with Crippen molar-refractivity contribution in [3.8, 4) is 5.75 Å². The molecule has 4 rings (SSSR count). The van der Waals surface area contributed by atoms with Crippen LogP contribution in [0.3, 0.4) is 0 Å². The van der Waals surface area contributed by atoms with Crippen LogP contribution in [0.2, 0.25) is 5.02 Å². The van der Waals surface area contributed by atoms with Crippen LogP contribution in [0, 0.1) is 0 Å². The second kappa shape index (κ2) is 12.2. The van der Waals surface area contributed by atoms with E-state index >= 15 is 0 Å². The zero-order valence-electron chi connectivity index (χ0n) is 23.2. The molecule has 1 amide bonds. The van der Waals surface area contributed by atoms with Crippen LogP contribution in [0.1, 0.15) is 42.3 Å². The Morgan fingerprint density at radius 1 is 0.854 bits per heavy atom. The maximum absolute atomic E-state index is 13.6. The van der Waals surface area contributed by atoms with Gasteiger partial charge in [0.05, 0.1) is 17.7 Å². The van der Waals surface area contributed by atoms with Gasteiger partial charge in [-0.1, -0.05) is 74.8 Å². The lowest BCUT2D eigenvalue weighted by Gasteiger charge is -2.24. The number of ether oxygens (including phenoxy) is 1. The molecule has 7 nitrogen and oxygen atoms in total. The van der Waals surface area contributed by atoms with Gasteiger partial charge in [0, 0.05) is 21.8 Å². The average Bonchev–Trinajstić information content (AvgIpc) is 2.95. The fourth-order valence-corrected chi connectivity index (χ4v) is 5.78. The van der Waals surface area contributed by atoms with Crippen molar-refractivity contribution in [2.75, 3.05) is 23.3 Å². The van der Waals surface area contributed by atoms with Crippen LogP contribution in [0.15, 0.2) is 102 Å². The van der Waals surface area contributed by atoms with Crippen molar-refractivity contribution in [3.05, 3.63) is 119 Å². The molecule has 0 aromatic heterocycles. The number of ketones is 1. The number of nitrogens with one attached hydrogen (secondary N) is 1. The number of benzene rings is 4. The van der Waals surface area contributed by atoms with Crippen LogP contribution >= 0.6 is 11.6 Å². The molecule has 0 saturated carbocycles. The Hall–Kier alpha value is -4.14. The van der Waals surface area contributed by atoms with Crippen molar-refractivity contribution in [1.82, 2.24) is 0 Å². The molecule has 0 saturated heterocycles. The summed E-state index contributed by atoms with van der Waals surface area (Å²) in [6.07, 6.45) is 0. The molecule has 0 heterocycles. The molecule has 0 radical (unpaired) electrons. The monoisotopic (exact) mass is 590 g/mol. The van der Waals surface area contributed by atoms with Gasteiger partial charge in [-0.3, -0.25) is 13.9 Å². The lowest BCUT2D eigenvalue weighted by molar-refractivity contribution is -0.114. The minimum atomic E-state index is -4.15. The highest BCUT2D eigenvalue weighted by Gasteiger charge is 2.28. The zero-order valence-corrected chi connectivity index (χ0v) is 24.8. The minimum Gasteiger partial charge on any atom is -0.497 e. The predicted octanol–water partition coefficient (Wildman–Crippen LogP) is 6.71. The topological polar surface area (TPSA) is 92.8 Å². The first-order chi connectivity index (χ1) is 19.4. The van der Waals surface area contributed by atoms with Gasteiger partial charge in [0.2, 0.25) is 5.91 Å². The first-order valence-electron chi connectivity index (χ1n) is 12.9. The molecular weight excluding hydrogens is 560 g/mol. The van der Waals surface area contributed by atoms with E-state index in [2.05, 4.69) is 26.1 Å². The van der Waals surface area contributed by atoms with Gasteiger partial charge in [0.1, 0.15) is 12.3 Å². The lowest BCUT2D eigenvalue weighted by atomic mass is 9.86. The summed E-state index contributed by atoms with van der Waals surface area (Å²) in [5.74, 6) is -0.291. The molecule has 0 aliphatic heterocycles. The fraction of sp³-hybridized carbons (Fsp3) is 0.188. The largest absolute Gasteiger partial charge is 0.497 e. The van der Waals surface area contributed by atoms with Crippen LogP contribution in [0.5, 0.6) is 5.75 Å². The van der Waals surface area contributed by atoms with Gasteiger partial charge in [0.25, 0.3) is 10.0 Å². The second-order valence-electron chi connectivity index (χ2n) is 10.5. The Morgan fingerprint density at radius 2 is 1.51 bits per heavy atom. The molecule has 212 valence electrons. The van der Waals surface area contributed by atoms with Crippen molar-refractivity contribution in [1.29, 1.82) is 0 Å². The quantitative estimate of drug-likeness (QED) is 0.219.